The highest BCUT2D eigenvalue weighted by Crippen LogP contribution is 2.30. The first-order chi connectivity index (χ1) is 11.8. The van der Waals surface area contributed by atoms with Crippen LogP contribution in [0, 0.1) is 0 Å². The van der Waals surface area contributed by atoms with Crippen LogP contribution in [0.3, 0.4) is 0 Å². The third-order valence-corrected chi connectivity index (χ3v) is 4.78. The number of rotatable bonds is 1. The molecule has 1 aromatic carbocycles. The van der Waals surface area contributed by atoms with E-state index < -0.39 is 0 Å². The fourth-order valence-corrected chi connectivity index (χ4v) is 3.52. The highest BCUT2D eigenvalue weighted by Gasteiger charge is 2.38. The maximum absolute atomic E-state index is 12.9. The highest BCUT2D eigenvalue weighted by atomic mass is 16.5. The van der Waals surface area contributed by atoms with E-state index in [1.165, 1.54) is 0 Å². The molecule has 9 nitrogen and oxygen atoms in total. The van der Waals surface area contributed by atoms with Gasteiger partial charge in [0, 0.05) is 18.7 Å². The summed E-state index contributed by atoms with van der Waals surface area (Å²) in [4.78, 5) is 14.7. The number of likely N-dealkylation sites (tertiary alicyclic amines) is 1. The van der Waals surface area contributed by atoms with E-state index in [1.807, 2.05) is 9.58 Å². The molecule has 2 atom stereocenters. The van der Waals surface area contributed by atoms with Crippen LogP contribution in [0.1, 0.15) is 28.5 Å². The van der Waals surface area contributed by atoms with Crippen molar-refractivity contribution < 1.29 is 9.53 Å². The molecule has 1 N–H and O–H groups in total. The Labute approximate surface area is 136 Å². The average Bonchev–Trinajstić information content (AvgIpc) is 3.28. The maximum atomic E-state index is 12.9. The molecule has 1 saturated heterocycles. The van der Waals surface area contributed by atoms with Gasteiger partial charge in [-0.25, -0.2) is 4.68 Å². The number of aromatic amines is 1. The molecule has 2 aliphatic heterocycles. The number of H-pyrrole nitrogens is 1. The summed E-state index contributed by atoms with van der Waals surface area (Å²) >= 11 is 0. The summed E-state index contributed by atoms with van der Waals surface area (Å²) in [5, 5.41) is 18.8. The van der Waals surface area contributed by atoms with Crippen molar-refractivity contribution in [2.45, 2.75) is 25.2 Å². The average molecular weight is 325 g/mol. The molecule has 0 radical (unpaired) electrons. The minimum absolute atomic E-state index is 0.00871. The zero-order valence-electron chi connectivity index (χ0n) is 12.8. The SMILES string of the molecule is O=C(c1ccc2n[nH]nc2c1)N1CC[C@H]2OCc3cnnn3[C@H]2C1. The minimum Gasteiger partial charge on any atom is -0.370 e. The molecule has 24 heavy (non-hydrogen) atoms. The number of hydrogen-bond acceptors (Lipinski definition) is 6. The van der Waals surface area contributed by atoms with E-state index >= 15 is 0 Å². The molecule has 1 amide bonds. The minimum atomic E-state index is -0.00871. The van der Waals surface area contributed by atoms with Gasteiger partial charge in [0.2, 0.25) is 0 Å². The lowest BCUT2D eigenvalue weighted by molar-refractivity contribution is -0.0605. The number of fused-ring (bicyclic) bond motifs is 4. The summed E-state index contributed by atoms with van der Waals surface area (Å²) in [6, 6.07) is 5.38. The van der Waals surface area contributed by atoms with Gasteiger partial charge in [-0.2, -0.15) is 15.4 Å². The van der Waals surface area contributed by atoms with E-state index in [-0.39, 0.29) is 18.1 Å². The summed E-state index contributed by atoms with van der Waals surface area (Å²) in [7, 11) is 0. The molecule has 122 valence electrons. The molecule has 2 aliphatic rings. The van der Waals surface area contributed by atoms with Gasteiger partial charge in [0.15, 0.2) is 0 Å². The smallest absolute Gasteiger partial charge is 0.254 e. The van der Waals surface area contributed by atoms with Crippen LogP contribution in [0.2, 0.25) is 0 Å². The van der Waals surface area contributed by atoms with Crippen molar-refractivity contribution in [3.05, 3.63) is 35.7 Å². The summed E-state index contributed by atoms with van der Waals surface area (Å²) in [6.45, 7) is 1.77. The second-order valence-electron chi connectivity index (χ2n) is 6.15. The molecular weight excluding hydrogens is 310 g/mol. The quantitative estimate of drug-likeness (QED) is 0.700. The summed E-state index contributed by atoms with van der Waals surface area (Å²) in [6.07, 6.45) is 2.60. The van der Waals surface area contributed by atoms with Crippen molar-refractivity contribution in [3.63, 3.8) is 0 Å². The molecule has 2 aromatic heterocycles. The van der Waals surface area contributed by atoms with E-state index in [2.05, 4.69) is 25.7 Å². The number of nitrogens with one attached hydrogen (secondary N) is 1. The van der Waals surface area contributed by atoms with Crippen LogP contribution in [0.25, 0.3) is 11.0 Å². The molecule has 0 unspecified atom stereocenters. The zero-order chi connectivity index (χ0) is 16.1. The number of ether oxygens (including phenoxy) is 1. The van der Waals surface area contributed by atoms with Gasteiger partial charge in [-0.1, -0.05) is 5.21 Å². The summed E-state index contributed by atoms with van der Waals surface area (Å²) < 4.78 is 7.78. The van der Waals surface area contributed by atoms with Gasteiger partial charge in [-0.05, 0) is 24.6 Å². The molecule has 9 heteroatoms. The van der Waals surface area contributed by atoms with Gasteiger partial charge in [-0.3, -0.25) is 4.79 Å². The molecule has 0 saturated carbocycles. The van der Waals surface area contributed by atoms with Crippen LogP contribution in [-0.2, 0) is 11.3 Å². The molecular formula is C15H15N7O2. The number of aromatic nitrogens is 6. The van der Waals surface area contributed by atoms with Crippen molar-refractivity contribution in [1.29, 1.82) is 0 Å². The van der Waals surface area contributed by atoms with Gasteiger partial charge in [0.25, 0.3) is 5.91 Å². The number of carbonyl (C=O) groups excluding carboxylic acids is 1. The molecule has 0 aliphatic carbocycles. The lowest BCUT2D eigenvalue weighted by atomic mass is 9.99. The lowest BCUT2D eigenvalue weighted by Crippen LogP contribution is -2.49. The Kier molecular flexibility index (Phi) is 2.89. The van der Waals surface area contributed by atoms with Gasteiger partial charge in [0.05, 0.1) is 30.6 Å². The Morgan fingerprint density at radius 3 is 3.17 bits per heavy atom. The number of amides is 1. The fourth-order valence-electron chi connectivity index (χ4n) is 3.52. The monoisotopic (exact) mass is 325 g/mol. The van der Waals surface area contributed by atoms with E-state index in [0.29, 0.717) is 30.8 Å². The van der Waals surface area contributed by atoms with Crippen LogP contribution in [0.4, 0.5) is 0 Å². The lowest BCUT2D eigenvalue weighted by Gasteiger charge is -2.41. The number of piperidine rings is 1. The van der Waals surface area contributed by atoms with Crippen molar-refractivity contribution in [2.24, 2.45) is 0 Å². The Balaban J connectivity index is 1.42. The van der Waals surface area contributed by atoms with Gasteiger partial charge in [-0.15, -0.1) is 5.10 Å². The molecule has 0 spiro atoms. The van der Waals surface area contributed by atoms with Gasteiger partial charge < -0.3 is 9.64 Å². The van der Waals surface area contributed by atoms with Crippen molar-refractivity contribution >= 4 is 16.9 Å². The van der Waals surface area contributed by atoms with Gasteiger partial charge in [0.1, 0.15) is 11.0 Å². The van der Waals surface area contributed by atoms with Crippen LogP contribution in [-0.4, -0.2) is 60.4 Å². The summed E-state index contributed by atoms with van der Waals surface area (Å²) in [5.41, 5.74) is 3.01. The fraction of sp³-hybridized carbons (Fsp3) is 0.400. The van der Waals surface area contributed by atoms with Crippen molar-refractivity contribution in [1.82, 2.24) is 35.3 Å². The molecule has 0 bridgehead atoms. The van der Waals surface area contributed by atoms with E-state index in [0.717, 1.165) is 17.6 Å². The standard InChI is InChI=1S/C15H15N7O2/c23-15(9-1-2-11-12(5-9)18-19-17-11)21-4-3-14-13(7-21)22-10(8-24-14)6-16-20-22/h1-2,5-6,13-14H,3-4,7-8H2,(H,17,18,19)/t13-,14+/m0/s1. The third kappa shape index (κ3) is 2.01. The van der Waals surface area contributed by atoms with Gasteiger partial charge >= 0.3 is 0 Å². The molecule has 5 rings (SSSR count). The Morgan fingerprint density at radius 2 is 2.21 bits per heavy atom. The topological polar surface area (TPSA) is 102 Å². The second kappa shape index (κ2) is 5.10. The largest absolute Gasteiger partial charge is 0.370 e. The predicted molar refractivity (Wildman–Crippen MR) is 82.0 cm³/mol. The normalized spacial score (nSPS) is 23.1. The van der Waals surface area contributed by atoms with Crippen LogP contribution in [0.15, 0.2) is 24.4 Å². The van der Waals surface area contributed by atoms with Crippen LogP contribution in [0.5, 0.6) is 0 Å². The number of benzene rings is 1. The van der Waals surface area contributed by atoms with Crippen molar-refractivity contribution in [2.75, 3.05) is 13.1 Å². The zero-order valence-corrected chi connectivity index (χ0v) is 12.8. The first-order valence-corrected chi connectivity index (χ1v) is 7.90. The Hall–Kier alpha value is -2.81. The predicted octanol–water partition coefficient (Wildman–Crippen LogP) is 0.535. The van der Waals surface area contributed by atoms with E-state index in [4.69, 9.17) is 4.74 Å². The highest BCUT2D eigenvalue weighted by molar-refractivity contribution is 5.97. The molecule has 3 aromatic rings. The maximum Gasteiger partial charge on any atom is 0.254 e. The van der Waals surface area contributed by atoms with E-state index in [1.54, 1.807) is 24.4 Å². The first-order valence-electron chi connectivity index (χ1n) is 7.90. The van der Waals surface area contributed by atoms with Crippen molar-refractivity contribution in [3.8, 4) is 0 Å². The summed E-state index contributed by atoms with van der Waals surface area (Å²) in [5.74, 6) is -0.00871. The number of hydrogen-bond donors (Lipinski definition) is 1. The first kappa shape index (κ1) is 13.6. The second-order valence-corrected chi connectivity index (χ2v) is 6.15. The van der Waals surface area contributed by atoms with Crippen LogP contribution >= 0.6 is 0 Å². The van der Waals surface area contributed by atoms with Crippen LogP contribution < -0.4 is 0 Å². The Bertz CT molecular complexity index is 917. The third-order valence-electron chi connectivity index (χ3n) is 4.78. The number of nitrogens with zero attached hydrogens (tertiary/aromatic N) is 6. The molecule has 1 fully saturated rings. The van der Waals surface area contributed by atoms with E-state index in [9.17, 15) is 4.79 Å². The Morgan fingerprint density at radius 1 is 1.29 bits per heavy atom. The number of carbonyl (C=O) groups is 1. The molecule has 4 heterocycles.